The van der Waals surface area contributed by atoms with E-state index < -0.39 is 9.84 Å². The van der Waals surface area contributed by atoms with E-state index in [1.54, 1.807) is 36.5 Å². The van der Waals surface area contributed by atoms with Crippen LogP contribution in [0.25, 0.3) is 0 Å². The van der Waals surface area contributed by atoms with Crippen LogP contribution in [-0.2, 0) is 16.4 Å². The quantitative estimate of drug-likeness (QED) is 0.888. The van der Waals surface area contributed by atoms with Crippen molar-refractivity contribution in [2.45, 2.75) is 11.4 Å². The maximum atomic E-state index is 11.4. The molecule has 4 nitrogen and oxygen atoms in total. The highest BCUT2D eigenvalue weighted by molar-refractivity contribution is 9.10. The summed E-state index contributed by atoms with van der Waals surface area (Å²) in [6, 6.07) is 8.48. The van der Waals surface area contributed by atoms with Crippen LogP contribution in [0.4, 0.5) is 5.82 Å². The van der Waals surface area contributed by atoms with Crippen molar-refractivity contribution < 1.29 is 8.42 Å². The van der Waals surface area contributed by atoms with Gasteiger partial charge in [0.15, 0.2) is 9.84 Å². The van der Waals surface area contributed by atoms with Gasteiger partial charge in [-0.25, -0.2) is 13.4 Å². The van der Waals surface area contributed by atoms with Gasteiger partial charge in [0, 0.05) is 19.0 Å². The molecule has 20 heavy (non-hydrogen) atoms. The Kier molecular flexibility index (Phi) is 4.67. The molecule has 0 aliphatic carbocycles. The first kappa shape index (κ1) is 15.3. The van der Waals surface area contributed by atoms with Crippen molar-refractivity contribution in [1.29, 1.82) is 0 Å². The van der Waals surface area contributed by atoms with Gasteiger partial charge in [0.1, 0.15) is 5.82 Å². The molecule has 0 radical (unpaired) electrons. The van der Waals surface area contributed by atoms with E-state index in [-0.39, 0.29) is 0 Å². The molecule has 0 aliphatic heterocycles. The van der Waals surface area contributed by atoms with E-state index in [9.17, 15) is 8.42 Å². The topological polar surface area (TPSA) is 59.1 Å². The molecular formula is C13H12BrClN2O2S. The number of anilines is 1. The highest BCUT2D eigenvalue weighted by Gasteiger charge is 2.06. The second kappa shape index (κ2) is 6.11. The molecule has 2 rings (SSSR count). The summed E-state index contributed by atoms with van der Waals surface area (Å²) in [5.41, 5.74) is 0.959. The number of aromatic nitrogens is 1. The lowest BCUT2D eigenvalue weighted by Crippen LogP contribution is -2.03. The predicted octanol–water partition coefficient (Wildman–Crippen LogP) is 3.51. The number of benzene rings is 1. The molecule has 0 amide bonds. The smallest absolute Gasteiger partial charge is 0.175 e. The minimum absolute atomic E-state index is 0.312. The molecule has 1 aromatic heterocycles. The Labute approximate surface area is 131 Å². The van der Waals surface area contributed by atoms with Crippen molar-refractivity contribution >= 4 is 43.2 Å². The number of nitrogens with zero attached hydrogens (tertiary/aromatic N) is 1. The lowest BCUT2D eigenvalue weighted by molar-refractivity contribution is 0.602. The molecule has 0 bridgehead atoms. The Hall–Kier alpha value is -1.11. The van der Waals surface area contributed by atoms with E-state index >= 15 is 0 Å². The Morgan fingerprint density at radius 3 is 2.50 bits per heavy atom. The van der Waals surface area contributed by atoms with Gasteiger partial charge in [0.05, 0.1) is 14.4 Å². The molecule has 1 N–H and O–H groups in total. The summed E-state index contributed by atoms with van der Waals surface area (Å²) in [6.07, 6.45) is 2.75. The minimum atomic E-state index is -3.15. The fourth-order valence-corrected chi connectivity index (χ4v) is 2.99. The van der Waals surface area contributed by atoms with Crippen molar-refractivity contribution in [3.8, 4) is 0 Å². The van der Waals surface area contributed by atoms with Crippen LogP contribution in [0.1, 0.15) is 5.56 Å². The van der Waals surface area contributed by atoms with Crippen molar-refractivity contribution in [2.75, 3.05) is 11.6 Å². The molecule has 106 valence electrons. The van der Waals surface area contributed by atoms with E-state index in [2.05, 4.69) is 26.2 Å². The number of halogens is 2. The highest BCUT2D eigenvalue weighted by Crippen LogP contribution is 2.23. The molecule has 1 heterocycles. The zero-order valence-corrected chi connectivity index (χ0v) is 13.8. The molecule has 0 saturated heterocycles. The molecule has 0 saturated carbocycles. The lowest BCUT2D eigenvalue weighted by Gasteiger charge is -2.08. The molecule has 0 atom stereocenters. The third-order valence-electron chi connectivity index (χ3n) is 2.62. The highest BCUT2D eigenvalue weighted by atomic mass is 79.9. The zero-order chi connectivity index (χ0) is 14.8. The van der Waals surface area contributed by atoms with E-state index in [0.717, 1.165) is 10.0 Å². The summed E-state index contributed by atoms with van der Waals surface area (Å²) < 4.78 is 23.5. The molecule has 0 fully saturated rings. The summed E-state index contributed by atoms with van der Waals surface area (Å²) in [6.45, 7) is 0.539. The third kappa shape index (κ3) is 3.94. The van der Waals surface area contributed by atoms with Gasteiger partial charge in [-0.1, -0.05) is 23.7 Å². The summed E-state index contributed by atoms with van der Waals surface area (Å²) in [5.74, 6) is 0.682. The van der Waals surface area contributed by atoms with Crippen molar-refractivity contribution in [3.63, 3.8) is 0 Å². The molecular weight excluding hydrogens is 364 g/mol. The standard InChI is InChI=1S/C13H12BrClN2O2S/c1-20(18,19)11-4-2-9(3-5-11)7-16-13-12(14)6-10(15)8-17-13/h2-6,8H,7H2,1H3,(H,16,17). The molecule has 7 heteroatoms. The van der Waals surface area contributed by atoms with Gasteiger partial charge in [-0.15, -0.1) is 0 Å². The number of sulfone groups is 1. The van der Waals surface area contributed by atoms with Crippen molar-refractivity contribution in [1.82, 2.24) is 4.98 Å². The molecule has 1 aromatic carbocycles. The van der Waals surface area contributed by atoms with Gasteiger partial charge in [-0.3, -0.25) is 0 Å². The van der Waals surface area contributed by atoms with Gasteiger partial charge in [0.2, 0.25) is 0 Å². The molecule has 0 spiro atoms. The monoisotopic (exact) mass is 374 g/mol. The second-order valence-electron chi connectivity index (χ2n) is 4.25. The van der Waals surface area contributed by atoms with Crippen LogP contribution in [0.5, 0.6) is 0 Å². The van der Waals surface area contributed by atoms with Gasteiger partial charge >= 0.3 is 0 Å². The number of hydrogen-bond donors (Lipinski definition) is 1. The summed E-state index contributed by atoms with van der Waals surface area (Å²) in [7, 11) is -3.15. The average molecular weight is 376 g/mol. The van der Waals surface area contributed by atoms with Crippen LogP contribution in [0, 0.1) is 0 Å². The second-order valence-corrected chi connectivity index (χ2v) is 7.56. The number of nitrogens with one attached hydrogen (secondary N) is 1. The van der Waals surface area contributed by atoms with Crippen LogP contribution < -0.4 is 5.32 Å². The maximum Gasteiger partial charge on any atom is 0.175 e. The molecule has 0 unspecified atom stereocenters. The lowest BCUT2D eigenvalue weighted by atomic mass is 10.2. The Morgan fingerprint density at radius 1 is 1.30 bits per heavy atom. The number of pyridine rings is 1. The van der Waals surface area contributed by atoms with Gasteiger partial charge in [-0.2, -0.15) is 0 Å². The Balaban J connectivity index is 2.08. The van der Waals surface area contributed by atoms with Crippen LogP contribution in [0.15, 0.2) is 45.9 Å². The van der Waals surface area contributed by atoms with Crippen LogP contribution in [0.2, 0.25) is 5.02 Å². The molecule has 2 aromatic rings. The maximum absolute atomic E-state index is 11.4. The first-order valence-electron chi connectivity index (χ1n) is 5.70. The van der Waals surface area contributed by atoms with E-state index in [0.29, 0.717) is 22.3 Å². The van der Waals surface area contributed by atoms with Crippen LogP contribution in [0.3, 0.4) is 0 Å². The van der Waals surface area contributed by atoms with Crippen molar-refractivity contribution in [3.05, 3.63) is 51.6 Å². The van der Waals surface area contributed by atoms with Gasteiger partial charge < -0.3 is 5.32 Å². The largest absolute Gasteiger partial charge is 0.365 e. The normalized spacial score (nSPS) is 11.3. The van der Waals surface area contributed by atoms with Gasteiger partial charge in [-0.05, 0) is 39.7 Å². The van der Waals surface area contributed by atoms with E-state index in [1.807, 2.05) is 0 Å². The molecule has 0 aliphatic rings. The number of hydrogen-bond acceptors (Lipinski definition) is 4. The average Bonchev–Trinajstić information content (AvgIpc) is 2.37. The predicted molar refractivity (Wildman–Crippen MR) is 83.8 cm³/mol. The SMILES string of the molecule is CS(=O)(=O)c1ccc(CNc2ncc(Cl)cc2Br)cc1. The Morgan fingerprint density at radius 2 is 1.95 bits per heavy atom. The first-order chi connectivity index (χ1) is 9.36. The van der Waals surface area contributed by atoms with Crippen LogP contribution in [-0.4, -0.2) is 19.7 Å². The van der Waals surface area contributed by atoms with Gasteiger partial charge in [0.25, 0.3) is 0 Å². The van der Waals surface area contributed by atoms with Crippen molar-refractivity contribution in [2.24, 2.45) is 0 Å². The zero-order valence-electron chi connectivity index (χ0n) is 10.6. The summed E-state index contributed by atoms with van der Waals surface area (Å²) >= 11 is 9.19. The fraction of sp³-hybridized carbons (Fsp3) is 0.154. The van der Waals surface area contributed by atoms with Crippen LogP contribution >= 0.6 is 27.5 Å². The minimum Gasteiger partial charge on any atom is -0.365 e. The Bertz CT molecular complexity index is 718. The van der Waals surface area contributed by atoms with E-state index in [4.69, 9.17) is 11.6 Å². The number of rotatable bonds is 4. The summed E-state index contributed by atoms with van der Waals surface area (Å²) in [5, 5.41) is 3.70. The fourth-order valence-electron chi connectivity index (χ4n) is 1.58. The van der Waals surface area contributed by atoms with E-state index in [1.165, 1.54) is 6.26 Å². The summed E-state index contributed by atoms with van der Waals surface area (Å²) in [4.78, 5) is 4.48. The third-order valence-corrected chi connectivity index (χ3v) is 4.56. The first-order valence-corrected chi connectivity index (χ1v) is 8.76.